The molecular weight excluding hydrogens is 282 g/mol. The van der Waals surface area contributed by atoms with Crippen molar-refractivity contribution in [2.45, 2.75) is 13.5 Å². The summed E-state index contributed by atoms with van der Waals surface area (Å²) in [4.78, 5) is 8.24. The third-order valence-corrected chi connectivity index (χ3v) is 2.84. The Morgan fingerprint density at radius 2 is 2.06 bits per heavy atom. The van der Waals surface area contributed by atoms with Gasteiger partial charge in [-0.1, -0.05) is 6.07 Å². The number of aryl methyl sites for hydroxylation is 1. The molecule has 0 aliphatic rings. The first-order valence-electron chi connectivity index (χ1n) is 5.14. The highest BCUT2D eigenvalue weighted by molar-refractivity contribution is 9.10. The second-order valence-corrected chi connectivity index (χ2v) is 4.40. The van der Waals surface area contributed by atoms with Crippen LogP contribution in [0, 0.1) is 6.92 Å². The third-order valence-electron chi connectivity index (χ3n) is 2.22. The van der Waals surface area contributed by atoms with Crippen molar-refractivity contribution < 1.29 is 4.74 Å². The standard InChI is InChI=1S/C12H12BrN3O/c1-8-2-3-11(9(13)6-8)17-12-10(7-14)15-4-5-16-12/h2-6H,7,14H2,1H3. The van der Waals surface area contributed by atoms with Gasteiger partial charge in [0.15, 0.2) is 0 Å². The monoisotopic (exact) mass is 293 g/mol. The molecule has 0 aliphatic carbocycles. The summed E-state index contributed by atoms with van der Waals surface area (Å²) in [6.07, 6.45) is 3.18. The number of nitrogens with two attached hydrogens (primary N) is 1. The molecule has 88 valence electrons. The van der Waals surface area contributed by atoms with E-state index in [0.717, 1.165) is 10.0 Å². The fraction of sp³-hybridized carbons (Fsp3) is 0.167. The Hall–Kier alpha value is -1.46. The maximum atomic E-state index is 5.69. The quantitative estimate of drug-likeness (QED) is 0.945. The van der Waals surface area contributed by atoms with Gasteiger partial charge in [-0.15, -0.1) is 0 Å². The second kappa shape index (κ2) is 5.25. The predicted octanol–water partition coefficient (Wildman–Crippen LogP) is 2.80. The molecule has 5 heteroatoms. The van der Waals surface area contributed by atoms with Crippen LogP contribution in [0.5, 0.6) is 11.6 Å². The summed E-state index contributed by atoms with van der Waals surface area (Å²) in [5, 5.41) is 0. The molecule has 2 aromatic rings. The molecule has 0 radical (unpaired) electrons. The van der Waals surface area contributed by atoms with Crippen molar-refractivity contribution in [2.24, 2.45) is 5.73 Å². The van der Waals surface area contributed by atoms with Gasteiger partial charge in [-0.2, -0.15) is 0 Å². The molecule has 0 aliphatic heterocycles. The van der Waals surface area contributed by atoms with Crippen molar-refractivity contribution in [3.05, 3.63) is 46.3 Å². The van der Waals surface area contributed by atoms with Crippen LogP contribution in [-0.2, 0) is 6.54 Å². The van der Waals surface area contributed by atoms with Gasteiger partial charge in [-0.25, -0.2) is 4.98 Å². The number of nitrogens with zero attached hydrogens (tertiary/aromatic N) is 2. The Balaban J connectivity index is 2.31. The number of halogens is 1. The zero-order valence-corrected chi connectivity index (χ0v) is 10.9. The van der Waals surface area contributed by atoms with Gasteiger partial charge in [0.25, 0.3) is 0 Å². The summed E-state index contributed by atoms with van der Waals surface area (Å²) in [5.74, 6) is 1.14. The van der Waals surface area contributed by atoms with Crippen molar-refractivity contribution in [3.63, 3.8) is 0 Å². The summed E-state index contributed by atoms with van der Waals surface area (Å²) in [7, 11) is 0. The van der Waals surface area contributed by atoms with E-state index in [1.807, 2.05) is 25.1 Å². The minimum absolute atomic E-state index is 0.298. The summed E-state index contributed by atoms with van der Waals surface area (Å²) in [6, 6.07) is 5.83. The lowest BCUT2D eigenvalue weighted by molar-refractivity contribution is 0.449. The molecule has 1 heterocycles. The fourth-order valence-corrected chi connectivity index (χ4v) is 1.95. The molecule has 4 nitrogen and oxygen atoms in total. The third kappa shape index (κ3) is 2.81. The van der Waals surface area contributed by atoms with E-state index >= 15 is 0 Å². The lowest BCUT2D eigenvalue weighted by Gasteiger charge is -2.09. The molecule has 1 aromatic heterocycles. The Morgan fingerprint density at radius 3 is 2.76 bits per heavy atom. The molecule has 0 spiro atoms. The van der Waals surface area contributed by atoms with E-state index in [2.05, 4.69) is 25.9 Å². The van der Waals surface area contributed by atoms with Gasteiger partial charge in [0.05, 0.1) is 4.47 Å². The van der Waals surface area contributed by atoms with Crippen LogP contribution in [-0.4, -0.2) is 9.97 Å². The van der Waals surface area contributed by atoms with Gasteiger partial charge in [0.2, 0.25) is 5.88 Å². The number of aromatic nitrogens is 2. The molecule has 2 rings (SSSR count). The molecule has 2 N–H and O–H groups in total. The topological polar surface area (TPSA) is 61.0 Å². The molecule has 17 heavy (non-hydrogen) atoms. The highest BCUT2D eigenvalue weighted by atomic mass is 79.9. The molecule has 0 amide bonds. The molecular formula is C12H12BrN3O. The van der Waals surface area contributed by atoms with E-state index in [1.165, 1.54) is 0 Å². The number of hydrogen-bond donors (Lipinski definition) is 1. The first-order chi connectivity index (χ1) is 8.20. The Morgan fingerprint density at radius 1 is 1.29 bits per heavy atom. The molecule has 0 saturated heterocycles. The van der Waals surface area contributed by atoms with Crippen LogP contribution < -0.4 is 10.5 Å². The van der Waals surface area contributed by atoms with Crippen LogP contribution >= 0.6 is 15.9 Å². The molecule has 1 aromatic carbocycles. The zero-order chi connectivity index (χ0) is 12.3. The van der Waals surface area contributed by atoms with Crippen LogP contribution in [0.4, 0.5) is 0 Å². The van der Waals surface area contributed by atoms with Crippen molar-refractivity contribution in [3.8, 4) is 11.6 Å². The predicted molar refractivity (Wildman–Crippen MR) is 68.9 cm³/mol. The fourth-order valence-electron chi connectivity index (χ4n) is 1.37. The van der Waals surface area contributed by atoms with Crippen molar-refractivity contribution >= 4 is 15.9 Å². The lowest BCUT2D eigenvalue weighted by Crippen LogP contribution is -2.03. The maximum Gasteiger partial charge on any atom is 0.242 e. The summed E-state index contributed by atoms with van der Waals surface area (Å²) >= 11 is 3.45. The van der Waals surface area contributed by atoms with Crippen LogP contribution in [0.25, 0.3) is 0 Å². The van der Waals surface area contributed by atoms with Gasteiger partial charge in [0.1, 0.15) is 11.4 Å². The minimum atomic E-state index is 0.298. The smallest absolute Gasteiger partial charge is 0.242 e. The van der Waals surface area contributed by atoms with Crippen LogP contribution in [0.2, 0.25) is 0 Å². The SMILES string of the molecule is Cc1ccc(Oc2nccnc2CN)c(Br)c1. The first kappa shape index (κ1) is 12.0. The molecule has 0 fully saturated rings. The molecule has 0 bridgehead atoms. The van der Waals surface area contributed by atoms with Gasteiger partial charge in [0, 0.05) is 18.9 Å². The largest absolute Gasteiger partial charge is 0.436 e. The molecule has 0 saturated carbocycles. The van der Waals surface area contributed by atoms with Crippen LogP contribution in [0.15, 0.2) is 35.1 Å². The molecule has 0 atom stereocenters. The van der Waals surface area contributed by atoms with Gasteiger partial charge in [-0.3, -0.25) is 4.98 Å². The van der Waals surface area contributed by atoms with Gasteiger partial charge < -0.3 is 10.5 Å². The summed E-state index contributed by atoms with van der Waals surface area (Å²) in [5.41, 5.74) is 7.37. The summed E-state index contributed by atoms with van der Waals surface area (Å²) < 4.78 is 6.57. The van der Waals surface area contributed by atoms with Gasteiger partial charge >= 0.3 is 0 Å². The average molecular weight is 294 g/mol. The second-order valence-electron chi connectivity index (χ2n) is 3.55. The van der Waals surface area contributed by atoms with Crippen LogP contribution in [0.1, 0.15) is 11.3 Å². The van der Waals surface area contributed by atoms with Crippen LogP contribution in [0.3, 0.4) is 0 Å². The van der Waals surface area contributed by atoms with E-state index in [0.29, 0.717) is 23.9 Å². The van der Waals surface area contributed by atoms with Crippen molar-refractivity contribution in [1.82, 2.24) is 9.97 Å². The Labute approximate surface area is 108 Å². The number of hydrogen-bond acceptors (Lipinski definition) is 4. The highest BCUT2D eigenvalue weighted by Gasteiger charge is 2.08. The lowest BCUT2D eigenvalue weighted by atomic mass is 10.2. The van der Waals surface area contributed by atoms with Gasteiger partial charge in [-0.05, 0) is 40.5 Å². The Kier molecular flexibility index (Phi) is 3.71. The van der Waals surface area contributed by atoms with E-state index in [4.69, 9.17) is 10.5 Å². The van der Waals surface area contributed by atoms with E-state index in [-0.39, 0.29) is 0 Å². The minimum Gasteiger partial charge on any atom is -0.436 e. The maximum absolute atomic E-state index is 5.69. The number of benzene rings is 1. The molecule has 0 unspecified atom stereocenters. The number of ether oxygens (including phenoxy) is 1. The highest BCUT2D eigenvalue weighted by Crippen LogP contribution is 2.30. The zero-order valence-electron chi connectivity index (χ0n) is 9.35. The van der Waals surface area contributed by atoms with Crippen molar-refractivity contribution in [2.75, 3.05) is 0 Å². The van der Waals surface area contributed by atoms with Crippen molar-refractivity contribution in [1.29, 1.82) is 0 Å². The van der Waals surface area contributed by atoms with E-state index in [1.54, 1.807) is 12.4 Å². The summed E-state index contributed by atoms with van der Waals surface area (Å²) in [6.45, 7) is 2.31. The normalized spacial score (nSPS) is 10.3. The number of rotatable bonds is 3. The van der Waals surface area contributed by atoms with E-state index < -0.39 is 0 Å². The van der Waals surface area contributed by atoms with E-state index in [9.17, 15) is 0 Å². The average Bonchev–Trinajstić information content (AvgIpc) is 2.33. The Bertz CT molecular complexity index is 531. The first-order valence-corrected chi connectivity index (χ1v) is 5.94.